The topological polar surface area (TPSA) is 61.9 Å². The summed E-state index contributed by atoms with van der Waals surface area (Å²) in [7, 11) is 1.77. The molecule has 1 fully saturated rings. The molecular formula is C25H31N3O3. The van der Waals surface area contributed by atoms with Crippen molar-refractivity contribution in [3.05, 3.63) is 59.7 Å². The monoisotopic (exact) mass is 421 g/mol. The molecule has 1 N–H and O–H groups in total. The largest absolute Gasteiger partial charge is 0.489 e. The fourth-order valence-electron chi connectivity index (χ4n) is 4.22. The first-order valence-electron chi connectivity index (χ1n) is 11.1. The fourth-order valence-corrected chi connectivity index (χ4v) is 4.22. The van der Waals surface area contributed by atoms with Crippen LogP contribution in [0.5, 0.6) is 5.75 Å². The summed E-state index contributed by atoms with van der Waals surface area (Å²) in [6.07, 6.45) is 4.30. The third-order valence-electron chi connectivity index (χ3n) is 6.24. The summed E-state index contributed by atoms with van der Waals surface area (Å²) in [6.45, 7) is 4.03. The van der Waals surface area contributed by atoms with Crippen molar-refractivity contribution in [1.82, 2.24) is 9.80 Å². The number of benzene rings is 2. The van der Waals surface area contributed by atoms with E-state index in [1.54, 1.807) is 22.9 Å². The highest BCUT2D eigenvalue weighted by molar-refractivity contribution is 5.98. The SMILES string of the molecule is CN1CCN(C(=O)c2ccc3c(c2)NC(C)(CCCCc2ccccc2)CO3)CC1=O. The number of nitrogens with zero attached hydrogens (tertiary/aromatic N) is 2. The molecule has 31 heavy (non-hydrogen) atoms. The van der Waals surface area contributed by atoms with E-state index >= 15 is 0 Å². The van der Waals surface area contributed by atoms with Gasteiger partial charge < -0.3 is 19.9 Å². The summed E-state index contributed by atoms with van der Waals surface area (Å²) in [5.41, 5.74) is 2.63. The summed E-state index contributed by atoms with van der Waals surface area (Å²) >= 11 is 0. The number of piperazine rings is 1. The maximum atomic E-state index is 12.9. The van der Waals surface area contributed by atoms with Crippen molar-refractivity contribution in [3.8, 4) is 5.75 Å². The number of unbranched alkanes of at least 4 members (excludes halogenated alkanes) is 1. The second-order valence-electron chi connectivity index (χ2n) is 8.92. The van der Waals surface area contributed by atoms with E-state index in [1.807, 2.05) is 18.2 Å². The molecule has 6 nitrogen and oxygen atoms in total. The van der Waals surface area contributed by atoms with Crippen LogP contribution in [0.15, 0.2) is 48.5 Å². The van der Waals surface area contributed by atoms with E-state index in [9.17, 15) is 9.59 Å². The smallest absolute Gasteiger partial charge is 0.254 e. The van der Waals surface area contributed by atoms with Crippen molar-refractivity contribution in [2.24, 2.45) is 0 Å². The highest BCUT2D eigenvalue weighted by atomic mass is 16.5. The highest BCUT2D eigenvalue weighted by Gasteiger charge is 2.31. The minimum absolute atomic E-state index is 0.0258. The van der Waals surface area contributed by atoms with E-state index in [0.717, 1.165) is 37.1 Å². The zero-order chi connectivity index (χ0) is 21.8. The lowest BCUT2D eigenvalue weighted by molar-refractivity contribution is -0.133. The Bertz CT molecular complexity index is 946. The van der Waals surface area contributed by atoms with Gasteiger partial charge in [-0.2, -0.15) is 0 Å². The molecule has 2 aliphatic heterocycles. The first-order chi connectivity index (χ1) is 14.9. The Morgan fingerprint density at radius 2 is 1.94 bits per heavy atom. The van der Waals surface area contributed by atoms with Gasteiger partial charge in [0, 0.05) is 25.7 Å². The Labute approximate surface area is 184 Å². The molecule has 164 valence electrons. The molecule has 0 bridgehead atoms. The summed E-state index contributed by atoms with van der Waals surface area (Å²) in [5, 5.41) is 3.62. The van der Waals surface area contributed by atoms with Crippen LogP contribution in [0.25, 0.3) is 0 Å². The summed E-state index contributed by atoms with van der Waals surface area (Å²) < 4.78 is 6.02. The number of amides is 2. The van der Waals surface area contributed by atoms with E-state index in [-0.39, 0.29) is 23.9 Å². The van der Waals surface area contributed by atoms with E-state index < -0.39 is 0 Å². The summed E-state index contributed by atoms with van der Waals surface area (Å²) in [6, 6.07) is 16.1. The first-order valence-corrected chi connectivity index (χ1v) is 11.1. The van der Waals surface area contributed by atoms with Gasteiger partial charge in [0.2, 0.25) is 5.91 Å². The normalized spacial score (nSPS) is 20.6. The Kier molecular flexibility index (Phi) is 6.16. The number of carbonyl (C=O) groups excluding carboxylic acids is 2. The van der Waals surface area contributed by atoms with Crippen LogP contribution in [0.3, 0.4) is 0 Å². The number of likely N-dealkylation sites (N-methyl/N-ethyl adjacent to an activating group) is 1. The molecule has 0 aromatic heterocycles. The minimum atomic E-state index is -0.171. The molecule has 2 aliphatic rings. The minimum Gasteiger partial charge on any atom is -0.489 e. The zero-order valence-corrected chi connectivity index (χ0v) is 18.4. The molecule has 0 radical (unpaired) electrons. The van der Waals surface area contributed by atoms with Crippen molar-refractivity contribution in [3.63, 3.8) is 0 Å². The number of ether oxygens (including phenoxy) is 1. The van der Waals surface area contributed by atoms with Gasteiger partial charge in [-0.05, 0) is 49.9 Å². The Balaban J connectivity index is 1.36. The lowest BCUT2D eigenvalue weighted by Gasteiger charge is -2.37. The van der Waals surface area contributed by atoms with Crippen LogP contribution in [0.4, 0.5) is 5.69 Å². The Hall–Kier alpha value is -3.02. The predicted octanol–water partition coefficient (Wildman–Crippen LogP) is 3.58. The van der Waals surface area contributed by atoms with Crippen LogP contribution in [-0.2, 0) is 11.2 Å². The number of aryl methyl sites for hydroxylation is 1. The quantitative estimate of drug-likeness (QED) is 0.725. The van der Waals surface area contributed by atoms with Crippen molar-refractivity contribution in [1.29, 1.82) is 0 Å². The molecule has 2 aromatic rings. The number of fused-ring (bicyclic) bond motifs is 1. The van der Waals surface area contributed by atoms with Crippen molar-refractivity contribution in [2.45, 2.75) is 38.1 Å². The maximum Gasteiger partial charge on any atom is 0.254 e. The van der Waals surface area contributed by atoms with Crippen LogP contribution in [-0.4, -0.2) is 60.4 Å². The summed E-state index contributed by atoms with van der Waals surface area (Å²) in [4.78, 5) is 28.2. The van der Waals surface area contributed by atoms with Gasteiger partial charge in [0.1, 0.15) is 18.9 Å². The van der Waals surface area contributed by atoms with E-state index in [4.69, 9.17) is 4.74 Å². The summed E-state index contributed by atoms with van der Waals surface area (Å²) in [5.74, 6) is 0.635. The van der Waals surface area contributed by atoms with Gasteiger partial charge in [-0.3, -0.25) is 9.59 Å². The van der Waals surface area contributed by atoms with Gasteiger partial charge in [-0.15, -0.1) is 0 Å². The van der Waals surface area contributed by atoms with Gasteiger partial charge in [0.15, 0.2) is 0 Å². The molecular weight excluding hydrogens is 390 g/mol. The lowest BCUT2D eigenvalue weighted by atomic mass is 9.92. The molecule has 1 atom stereocenters. The average Bonchev–Trinajstić information content (AvgIpc) is 2.78. The molecule has 6 heteroatoms. The number of rotatable bonds is 6. The lowest BCUT2D eigenvalue weighted by Crippen LogP contribution is -2.50. The third-order valence-corrected chi connectivity index (χ3v) is 6.24. The zero-order valence-electron chi connectivity index (χ0n) is 18.4. The molecule has 0 saturated carbocycles. The number of hydrogen-bond acceptors (Lipinski definition) is 4. The van der Waals surface area contributed by atoms with Crippen molar-refractivity contribution in [2.75, 3.05) is 38.6 Å². The van der Waals surface area contributed by atoms with Crippen LogP contribution < -0.4 is 10.1 Å². The van der Waals surface area contributed by atoms with Gasteiger partial charge in [-0.25, -0.2) is 0 Å². The Morgan fingerprint density at radius 1 is 1.13 bits per heavy atom. The van der Waals surface area contributed by atoms with E-state index in [1.165, 1.54) is 5.56 Å². The fraction of sp³-hybridized carbons (Fsp3) is 0.440. The molecule has 1 saturated heterocycles. The standard InChI is InChI=1S/C25H31N3O3/c1-25(13-7-6-10-19-8-4-3-5-9-19)18-31-22-12-11-20(16-21(22)26-25)24(30)28-15-14-27(2)23(29)17-28/h3-5,8-9,11-12,16,26H,6-7,10,13-15,17-18H2,1-2H3. The van der Waals surface area contributed by atoms with E-state index in [0.29, 0.717) is 25.3 Å². The molecule has 0 spiro atoms. The maximum absolute atomic E-state index is 12.9. The van der Waals surface area contributed by atoms with Crippen LogP contribution >= 0.6 is 0 Å². The third kappa shape index (κ3) is 5.01. The molecule has 1 unspecified atom stereocenters. The van der Waals surface area contributed by atoms with E-state index in [2.05, 4.69) is 36.5 Å². The molecule has 2 heterocycles. The Morgan fingerprint density at radius 3 is 2.71 bits per heavy atom. The van der Waals surface area contributed by atoms with Gasteiger partial charge in [0.25, 0.3) is 5.91 Å². The number of nitrogens with one attached hydrogen (secondary N) is 1. The average molecular weight is 422 g/mol. The molecule has 2 amide bonds. The van der Waals surface area contributed by atoms with Gasteiger partial charge >= 0.3 is 0 Å². The second-order valence-corrected chi connectivity index (χ2v) is 8.92. The van der Waals surface area contributed by atoms with Crippen LogP contribution in [0.1, 0.15) is 42.1 Å². The van der Waals surface area contributed by atoms with Crippen LogP contribution in [0.2, 0.25) is 0 Å². The molecule has 2 aromatic carbocycles. The highest BCUT2D eigenvalue weighted by Crippen LogP contribution is 2.35. The molecule has 0 aliphatic carbocycles. The number of carbonyl (C=O) groups is 2. The molecule has 4 rings (SSSR count). The van der Waals surface area contributed by atoms with Crippen LogP contribution in [0, 0.1) is 0 Å². The second kappa shape index (κ2) is 9.00. The van der Waals surface area contributed by atoms with Gasteiger partial charge in [0.05, 0.1) is 11.2 Å². The number of anilines is 1. The number of hydrogen-bond donors (Lipinski definition) is 1. The first kappa shape index (κ1) is 21.2. The van der Waals surface area contributed by atoms with Gasteiger partial charge in [-0.1, -0.05) is 36.8 Å². The van der Waals surface area contributed by atoms with Crippen molar-refractivity contribution >= 4 is 17.5 Å². The van der Waals surface area contributed by atoms with Crippen molar-refractivity contribution < 1.29 is 14.3 Å². The predicted molar refractivity (Wildman–Crippen MR) is 122 cm³/mol.